The number of fused-ring (bicyclic) bond motifs is 2. The third-order valence-electron chi connectivity index (χ3n) is 14.0. The van der Waals surface area contributed by atoms with Crippen LogP contribution < -0.4 is 0 Å². The number of β-lactam (4-membered cyclic amide) rings is 2. The van der Waals surface area contributed by atoms with Crippen molar-refractivity contribution < 1.29 is 59.1 Å². The average molecular weight is 1060 g/mol. The van der Waals surface area contributed by atoms with Crippen molar-refractivity contribution in [2.45, 2.75) is 78.7 Å². The van der Waals surface area contributed by atoms with Crippen molar-refractivity contribution >= 4 is 60.9 Å². The van der Waals surface area contributed by atoms with E-state index in [0.29, 0.717) is 28.5 Å². The van der Waals surface area contributed by atoms with Crippen molar-refractivity contribution in [2.24, 2.45) is 0 Å². The molecule has 4 aliphatic rings. The lowest BCUT2D eigenvalue weighted by molar-refractivity contribution is -0.161. The fraction of sp³-hybridized carbons (Fsp3) is 0.232. The molecule has 2 aromatic heterocycles. The minimum atomic E-state index is -4.31. The average Bonchev–Trinajstić information content (AvgIpc) is 3.73. The predicted octanol–water partition coefficient (Wildman–Crippen LogP) is 7.29. The number of benzene rings is 4. The maximum absolute atomic E-state index is 14.2. The largest absolute Gasteiger partial charge is 0.451 e. The number of carbonyl (C=O) groups excluding carboxylic acids is 5. The van der Waals surface area contributed by atoms with Gasteiger partial charge in [-0.2, -0.15) is 0 Å². The molecule has 0 saturated carbocycles. The van der Waals surface area contributed by atoms with Gasteiger partial charge in [0.25, 0.3) is 18.2 Å². The first kappa shape index (κ1) is 51.9. The number of ether oxygens (including phenoxy) is 2. The predicted molar refractivity (Wildman–Crippen MR) is 271 cm³/mol. The zero-order valence-corrected chi connectivity index (χ0v) is 42.3. The van der Waals surface area contributed by atoms with E-state index in [0.717, 1.165) is 9.80 Å². The first-order valence-corrected chi connectivity index (χ1v) is 26.6. The van der Waals surface area contributed by atoms with Crippen molar-refractivity contribution in [3.05, 3.63) is 215 Å². The minimum Gasteiger partial charge on any atom is -0.451 e. The minimum absolute atomic E-state index is 0.105. The van der Waals surface area contributed by atoms with Gasteiger partial charge in [0.05, 0.1) is 33.7 Å². The molecule has 6 heterocycles. The molecule has 0 bridgehead atoms. The van der Waals surface area contributed by atoms with Gasteiger partial charge < -0.3 is 19.3 Å². The first-order chi connectivity index (χ1) is 35.8. The second-order valence-corrected chi connectivity index (χ2v) is 24.2. The van der Waals surface area contributed by atoms with Gasteiger partial charge in [-0.05, 0) is 74.2 Å². The number of allylic oxidation sites excluding steroid dienone is 2. The summed E-state index contributed by atoms with van der Waals surface area (Å²) in [6.45, 7) is 5.42. The maximum Gasteiger partial charge on any atom is 0.331 e. The van der Waals surface area contributed by atoms with E-state index in [1.54, 1.807) is 72.8 Å². The lowest BCUT2D eigenvalue weighted by Crippen LogP contribution is -2.59. The van der Waals surface area contributed by atoms with Crippen LogP contribution in [-0.2, 0) is 53.1 Å². The summed E-state index contributed by atoms with van der Waals surface area (Å²) < 4.78 is 91.3. The maximum atomic E-state index is 14.2. The number of carbonyl (C=O) groups is 5. The van der Waals surface area contributed by atoms with Crippen LogP contribution in [0.4, 0.5) is 8.78 Å². The lowest BCUT2D eigenvalue weighted by atomic mass is 9.91. The molecular formula is C56H48F2N4O11S2. The first-order valence-electron chi connectivity index (χ1n) is 23.5. The Labute approximate surface area is 431 Å². The molecule has 0 spiro atoms. The third-order valence-corrected chi connectivity index (χ3v) is 19.5. The number of esters is 2. The molecule has 0 unspecified atom stereocenters. The van der Waals surface area contributed by atoms with Crippen molar-refractivity contribution in [1.29, 1.82) is 0 Å². The number of aromatic nitrogens is 2. The number of sulfone groups is 2. The van der Waals surface area contributed by atoms with Crippen LogP contribution in [0.5, 0.6) is 0 Å². The number of pyridine rings is 2. The van der Waals surface area contributed by atoms with Crippen molar-refractivity contribution in [3.63, 3.8) is 0 Å². The van der Waals surface area contributed by atoms with E-state index in [1.807, 2.05) is 60.7 Å². The van der Waals surface area contributed by atoms with Crippen molar-refractivity contribution in [1.82, 2.24) is 19.8 Å². The second kappa shape index (κ2) is 20.0. The van der Waals surface area contributed by atoms with Crippen LogP contribution in [0.1, 0.15) is 73.5 Å². The quantitative estimate of drug-likeness (QED) is 0.0512. The monoisotopic (exact) mass is 1050 g/mol. The summed E-state index contributed by atoms with van der Waals surface area (Å²) in [5.41, 5.74) is 1.08. The molecule has 4 aliphatic heterocycles. The molecule has 4 aromatic carbocycles. The number of nitrogens with zero attached hydrogens (tertiary/aromatic N) is 4. The standard InChI is InChI=1S/C28H24F2N2O5S.C28H24N2O6S/c1-28(2)23(27(34)37-22(17-11-5-3-6-12-17)18-13-7-4-8-14-18)32-25(33)21(26(32)38(28,35)36)20(24(29)30)19-15-9-10-16-31-19;1-28(2)24(27(33)36-23(18-11-5-3-6-12-18)19-13-7-4-8-14-19)30-25(32)22(26(30)37(28,34)35)20(17-31)21-15-9-10-16-29-21/h3-16,22-24,26H,1-2H3;3-17,23-24,26H,1-2H3/b21-20+;22-20-/t23-,26+;24-,26+/m00/s1. The summed E-state index contributed by atoms with van der Waals surface area (Å²) in [6, 6.07) is 42.1. The molecule has 0 N–H and O–H groups in total. The van der Waals surface area contributed by atoms with Gasteiger partial charge in [-0.1, -0.05) is 133 Å². The van der Waals surface area contributed by atoms with E-state index in [2.05, 4.69) is 9.97 Å². The highest BCUT2D eigenvalue weighted by atomic mass is 32.2. The fourth-order valence-corrected chi connectivity index (χ4v) is 14.3. The highest BCUT2D eigenvalue weighted by Gasteiger charge is 2.73. The summed E-state index contributed by atoms with van der Waals surface area (Å²) in [5.74, 6) is -3.44. The second-order valence-electron chi connectivity index (χ2n) is 19.0. The van der Waals surface area contributed by atoms with Crippen molar-refractivity contribution in [2.75, 3.05) is 0 Å². The van der Waals surface area contributed by atoms with Gasteiger partial charge in [0, 0.05) is 12.4 Å². The molecule has 15 nitrogen and oxygen atoms in total. The molecule has 0 radical (unpaired) electrons. The van der Waals surface area contributed by atoms with Gasteiger partial charge in [0.1, 0.15) is 9.49 Å². The van der Waals surface area contributed by atoms with Crippen molar-refractivity contribution in [3.8, 4) is 0 Å². The smallest absolute Gasteiger partial charge is 0.331 e. The summed E-state index contributed by atoms with van der Waals surface area (Å²) >= 11 is 0. The Morgan fingerprint density at radius 3 is 1.20 bits per heavy atom. The fourth-order valence-electron chi connectivity index (χ4n) is 10.0. The molecule has 19 heteroatoms. The molecular weight excluding hydrogens is 1010 g/mol. The number of alkyl halides is 2. The van der Waals surface area contributed by atoms with E-state index in [-0.39, 0.29) is 22.5 Å². The Morgan fingerprint density at radius 2 is 0.867 bits per heavy atom. The van der Waals surface area contributed by atoms with E-state index < -0.39 is 106 Å². The van der Waals surface area contributed by atoms with E-state index in [4.69, 9.17) is 9.47 Å². The number of halogens is 2. The normalized spacial score (nSPS) is 22.7. The van der Waals surface area contributed by atoms with Crippen LogP contribution in [0.15, 0.2) is 181 Å². The van der Waals surface area contributed by atoms with Crippen LogP contribution >= 0.6 is 0 Å². The molecule has 4 atom stereocenters. The third kappa shape index (κ3) is 8.72. The highest BCUT2D eigenvalue weighted by Crippen LogP contribution is 2.53. The van der Waals surface area contributed by atoms with E-state index in [1.165, 1.54) is 64.4 Å². The molecule has 384 valence electrons. The summed E-state index contributed by atoms with van der Waals surface area (Å²) in [7, 11) is -8.42. The van der Waals surface area contributed by atoms with Gasteiger partial charge in [-0.3, -0.25) is 24.4 Å². The Morgan fingerprint density at radius 1 is 0.533 bits per heavy atom. The number of aldehydes is 1. The Kier molecular flexibility index (Phi) is 13.8. The SMILES string of the molecule is CC1(C)[C@H](C(=O)OC(c2ccccc2)c2ccccc2)N2C(=O)/C(=C(/c3ccccn3)C(F)F)[C@H]2S1(=O)=O.CC1(C)[C@H](C(=O)OC(c2ccccc2)c2ccccc2)N2C(=O)/C(=C(\C=O)c3ccccn3)[C@H]2S1(=O)=O. The number of rotatable bonds is 12. The topological polar surface area (TPSA) is 204 Å². The Balaban J connectivity index is 0.000000184. The number of hydrogen-bond donors (Lipinski definition) is 0. The molecule has 4 saturated heterocycles. The van der Waals surface area contributed by atoms with Gasteiger partial charge in [-0.25, -0.2) is 35.2 Å². The molecule has 4 fully saturated rings. The molecule has 75 heavy (non-hydrogen) atoms. The van der Waals surface area contributed by atoms with Crippen LogP contribution in [0.2, 0.25) is 0 Å². The molecule has 2 amide bonds. The van der Waals surface area contributed by atoms with E-state index in [9.17, 15) is 49.6 Å². The van der Waals surface area contributed by atoms with Crippen LogP contribution in [0, 0.1) is 0 Å². The van der Waals surface area contributed by atoms with Crippen LogP contribution in [0.3, 0.4) is 0 Å². The summed E-state index contributed by atoms with van der Waals surface area (Å²) in [5, 5.41) is -3.15. The van der Waals surface area contributed by atoms with E-state index >= 15 is 0 Å². The van der Waals surface area contributed by atoms with Gasteiger partial charge in [0.15, 0.2) is 61.0 Å². The molecule has 0 aliphatic carbocycles. The van der Waals surface area contributed by atoms with Gasteiger partial charge in [0.2, 0.25) is 0 Å². The zero-order chi connectivity index (χ0) is 53.6. The Bertz CT molecular complexity index is 3400. The Hall–Kier alpha value is -8.03. The summed E-state index contributed by atoms with van der Waals surface area (Å²) in [4.78, 5) is 75.8. The number of amides is 2. The number of hydrogen-bond acceptors (Lipinski definition) is 13. The zero-order valence-electron chi connectivity index (χ0n) is 40.6. The lowest BCUT2D eigenvalue weighted by Gasteiger charge is -2.40. The molecule has 10 rings (SSSR count). The van der Waals surface area contributed by atoms with Gasteiger partial charge >= 0.3 is 11.9 Å². The van der Waals surface area contributed by atoms with Crippen LogP contribution in [-0.4, -0.2) is 105 Å². The summed E-state index contributed by atoms with van der Waals surface area (Å²) in [6.07, 6.45) is -1.68. The van der Waals surface area contributed by atoms with Crippen LogP contribution in [0.25, 0.3) is 11.1 Å². The van der Waals surface area contributed by atoms with Gasteiger partial charge in [-0.15, -0.1) is 0 Å². The highest BCUT2D eigenvalue weighted by molar-refractivity contribution is 7.94. The molecule has 6 aromatic rings.